The zero-order valence-corrected chi connectivity index (χ0v) is 11.3. The van der Waals surface area contributed by atoms with E-state index in [-0.39, 0.29) is 0 Å². The van der Waals surface area contributed by atoms with Gasteiger partial charge in [0, 0.05) is 43.8 Å². The van der Waals surface area contributed by atoms with Gasteiger partial charge in [-0.3, -0.25) is 4.98 Å². The second-order valence-corrected chi connectivity index (χ2v) is 4.42. The molecule has 0 fully saturated rings. The largest absolute Gasteiger partial charge is 0.497 e. The molecule has 0 bridgehead atoms. The van der Waals surface area contributed by atoms with Crippen molar-refractivity contribution in [1.29, 1.82) is 0 Å². The fourth-order valence-corrected chi connectivity index (χ4v) is 2.08. The highest BCUT2D eigenvalue weighted by Crippen LogP contribution is 2.21. The number of nitrogens with zero attached hydrogens (tertiary/aromatic N) is 2. The molecule has 2 rings (SSSR count). The molecule has 0 aliphatic carbocycles. The normalized spacial score (nSPS) is 10.3. The molecule has 1 aromatic heterocycles. The van der Waals surface area contributed by atoms with Crippen LogP contribution in [0, 0.1) is 0 Å². The van der Waals surface area contributed by atoms with Crippen molar-refractivity contribution in [3.63, 3.8) is 0 Å². The molecule has 0 radical (unpaired) electrons. The van der Waals surface area contributed by atoms with Crippen LogP contribution >= 0.6 is 0 Å². The van der Waals surface area contributed by atoms with Crippen LogP contribution in [0.1, 0.15) is 11.1 Å². The Hall–Kier alpha value is -2.07. The molecule has 0 saturated carbocycles. The Morgan fingerprint density at radius 3 is 2.89 bits per heavy atom. The van der Waals surface area contributed by atoms with Crippen molar-refractivity contribution in [2.45, 2.75) is 13.1 Å². The number of ether oxygens (including phenoxy) is 1. The number of hydrogen-bond acceptors (Lipinski definition) is 4. The predicted molar refractivity (Wildman–Crippen MR) is 77.2 cm³/mol. The van der Waals surface area contributed by atoms with E-state index in [0.717, 1.165) is 23.5 Å². The number of methoxy groups -OCH3 is 1. The van der Waals surface area contributed by atoms with Crippen molar-refractivity contribution < 1.29 is 4.74 Å². The SMILES string of the molecule is COc1cccc(CN(C)c2ccncc2CN)c1. The van der Waals surface area contributed by atoms with Crippen molar-refractivity contribution in [3.8, 4) is 5.75 Å². The van der Waals surface area contributed by atoms with Gasteiger partial charge in [-0.1, -0.05) is 12.1 Å². The minimum absolute atomic E-state index is 0.492. The van der Waals surface area contributed by atoms with Gasteiger partial charge in [0.05, 0.1) is 7.11 Å². The first-order chi connectivity index (χ1) is 9.24. The lowest BCUT2D eigenvalue weighted by Gasteiger charge is -2.22. The molecular formula is C15H19N3O. The first kappa shape index (κ1) is 13.4. The van der Waals surface area contributed by atoms with Crippen molar-refractivity contribution in [1.82, 2.24) is 4.98 Å². The monoisotopic (exact) mass is 257 g/mol. The van der Waals surface area contributed by atoms with Gasteiger partial charge in [-0.05, 0) is 23.8 Å². The molecular weight excluding hydrogens is 238 g/mol. The van der Waals surface area contributed by atoms with E-state index in [0.29, 0.717) is 6.54 Å². The van der Waals surface area contributed by atoms with Crippen LogP contribution < -0.4 is 15.4 Å². The lowest BCUT2D eigenvalue weighted by molar-refractivity contribution is 0.414. The van der Waals surface area contributed by atoms with E-state index in [1.807, 2.05) is 37.5 Å². The Morgan fingerprint density at radius 2 is 2.16 bits per heavy atom. The molecule has 0 spiro atoms. The summed E-state index contributed by atoms with van der Waals surface area (Å²) >= 11 is 0. The van der Waals surface area contributed by atoms with Gasteiger partial charge in [0.15, 0.2) is 0 Å². The molecule has 1 heterocycles. The fourth-order valence-electron chi connectivity index (χ4n) is 2.08. The van der Waals surface area contributed by atoms with Crippen molar-refractivity contribution in [2.24, 2.45) is 5.73 Å². The fraction of sp³-hybridized carbons (Fsp3) is 0.267. The Morgan fingerprint density at radius 1 is 1.32 bits per heavy atom. The molecule has 2 aromatic rings. The molecule has 0 aliphatic heterocycles. The topological polar surface area (TPSA) is 51.4 Å². The van der Waals surface area contributed by atoms with Crippen LogP contribution in [0.15, 0.2) is 42.7 Å². The van der Waals surface area contributed by atoms with Gasteiger partial charge in [0.1, 0.15) is 5.75 Å². The summed E-state index contributed by atoms with van der Waals surface area (Å²) in [5, 5.41) is 0. The second-order valence-electron chi connectivity index (χ2n) is 4.42. The van der Waals surface area contributed by atoms with Gasteiger partial charge in [-0.25, -0.2) is 0 Å². The number of pyridine rings is 1. The summed E-state index contributed by atoms with van der Waals surface area (Å²) < 4.78 is 5.24. The Bertz CT molecular complexity index is 542. The minimum Gasteiger partial charge on any atom is -0.497 e. The van der Waals surface area contributed by atoms with E-state index in [4.69, 9.17) is 10.5 Å². The highest BCUT2D eigenvalue weighted by atomic mass is 16.5. The average Bonchev–Trinajstić information content (AvgIpc) is 2.47. The van der Waals surface area contributed by atoms with Crippen LogP contribution in [0.2, 0.25) is 0 Å². The number of aromatic nitrogens is 1. The summed E-state index contributed by atoms with van der Waals surface area (Å²) in [4.78, 5) is 6.27. The third kappa shape index (κ3) is 3.23. The summed E-state index contributed by atoms with van der Waals surface area (Å²) in [5.41, 5.74) is 9.10. The molecule has 4 heteroatoms. The molecule has 19 heavy (non-hydrogen) atoms. The number of rotatable bonds is 5. The average molecular weight is 257 g/mol. The number of hydrogen-bond donors (Lipinski definition) is 1. The standard InChI is InChI=1S/C15H19N3O/c1-18(15-6-7-17-10-13(15)9-16)11-12-4-3-5-14(8-12)19-2/h3-8,10H,9,11,16H2,1-2H3. The first-order valence-corrected chi connectivity index (χ1v) is 6.21. The molecule has 0 aliphatic rings. The van der Waals surface area contributed by atoms with Gasteiger partial charge in [0.2, 0.25) is 0 Å². The zero-order valence-electron chi connectivity index (χ0n) is 11.3. The molecule has 100 valence electrons. The van der Waals surface area contributed by atoms with Gasteiger partial charge in [-0.2, -0.15) is 0 Å². The van der Waals surface area contributed by atoms with Crippen LogP contribution in [0.4, 0.5) is 5.69 Å². The van der Waals surface area contributed by atoms with Crippen LogP contribution in [0.5, 0.6) is 5.75 Å². The summed E-state index contributed by atoms with van der Waals surface area (Å²) in [6.07, 6.45) is 3.61. The Balaban J connectivity index is 2.18. The van der Waals surface area contributed by atoms with Crippen molar-refractivity contribution in [3.05, 3.63) is 53.9 Å². The third-order valence-electron chi connectivity index (χ3n) is 3.06. The summed E-state index contributed by atoms with van der Waals surface area (Å²) in [7, 11) is 3.73. The maximum absolute atomic E-state index is 5.74. The lowest BCUT2D eigenvalue weighted by Crippen LogP contribution is -2.19. The maximum Gasteiger partial charge on any atom is 0.119 e. The van der Waals surface area contributed by atoms with E-state index < -0.39 is 0 Å². The molecule has 4 nitrogen and oxygen atoms in total. The predicted octanol–water partition coefficient (Wildman–Crippen LogP) is 2.19. The Kier molecular flexibility index (Phi) is 4.36. The number of benzene rings is 1. The highest BCUT2D eigenvalue weighted by Gasteiger charge is 2.07. The summed E-state index contributed by atoms with van der Waals surface area (Å²) in [5.74, 6) is 0.875. The van der Waals surface area contributed by atoms with Crippen molar-refractivity contribution in [2.75, 3.05) is 19.1 Å². The van der Waals surface area contributed by atoms with E-state index in [1.54, 1.807) is 13.3 Å². The smallest absolute Gasteiger partial charge is 0.119 e. The summed E-state index contributed by atoms with van der Waals surface area (Å²) in [6.45, 7) is 1.29. The number of nitrogens with two attached hydrogens (primary N) is 1. The van der Waals surface area contributed by atoms with Crippen LogP contribution in [-0.2, 0) is 13.1 Å². The van der Waals surface area contributed by atoms with Crippen LogP contribution in [0.25, 0.3) is 0 Å². The highest BCUT2D eigenvalue weighted by molar-refractivity contribution is 5.52. The second kappa shape index (κ2) is 6.20. The van der Waals surface area contributed by atoms with E-state index in [1.165, 1.54) is 5.56 Å². The summed E-state index contributed by atoms with van der Waals surface area (Å²) in [6, 6.07) is 10.1. The Labute approximate surface area is 113 Å². The first-order valence-electron chi connectivity index (χ1n) is 6.21. The maximum atomic E-state index is 5.74. The molecule has 0 atom stereocenters. The van der Waals surface area contributed by atoms with E-state index in [2.05, 4.69) is 16.0 Å². The molecule has 0 saturated heterocycles. The number of anilines is 1. The van der Waals surface area contributed by atoms with Crippen LogP contribution in [0.3, 0.4) is 0 Å². The molecule has 1 aromatic carbocycles. The van der Waals surface area contributed by atoms with E-state index in [9.17, 15) is 0 Å². The third-order valence-corrected chi connectivity index (χ3v) is 3.06. The lowest BCUT2D eigenvalue weighted by atomic mass is 10.1. The van der Waals surface area contributed by atoms with Gasteiger partial charge < -0.3 is 15.4 Å². The van der Waals surface area contributed by atoms with Gasteiger partial charge >= 0.3 is 0 Å². The molecule has 0 unspecified atom stereocenters. The zero-order chi connectivity index (χ0) is 13.7. The van der Waals surface area contributed by atoms with E-state index >= 15 is 0 Å². The van der Waals surface area contributed by atoms with Gasteiger partial charge in [-0.15, -0.1) is 0 Å². The quantitative estimate of drug-likeness (QED) is 0.892. The molecule has 0 amide bonds. The van der Waals surface area contributed by atoms with Crippen molar-refractivity contribution >= 4 is 5.69 Å². The molecule has 2 N–H and O–H groups in total. The van der Waals surface area contributed by atoms with Gasteiger partial charge in [0.25, 0.3) is 0 Å². The minimum atomic E-state index is 0.492. The van der Waals surface area contributed by atoms with Crippen LogP contribution in [-0.4, -0.2) is 19.1 Å².